The summed E-state index contributed by atoms with van der Waals surface area (Å²) in [5.41, 5.74) is 3.94. The van der Waals surface area contributed by atoms with Crippen molar-refractivity contribution in [1.29, 1.82) is 0 Å². The molecule has 0 aromatic heterocycles. The minimum atomic E-state index is 0.439. The van der Waals surface area contributed by atoms with Crippen LogP contribution < -0.4 is 10.1 Å². The number of aryl methyl sites for hydroxylation is 2. The first-order valence-electron chi connectivity index (χ1n) is 6.11. The Morgan fingerprint density at radius 2 is 2.00 bits per heavy atom. The third kappa shape index (κ3) is 1.82. The lowest BCUT2D eigenvalue weighted by atomic mass is 9.87. The van der Waals surface area contributed by atoms with Crippen LogP contribution in [0.25, 0.3) is 0 Å². The number of ether oxygens (including phenoxy) is 1. The molecule has 0 saturated carbocycles. The van der Waals surface area contributed by atoms with Crippen molar-refractivity contribution < 1.29 is 4.74 Å². The molecular formula is C14H21NO. The van der Waals surface area contributed by atoms with Crippen molar-refractivity contribution in [2.24, 2.45) is 5.92 Å². The second-order valence-electron chi connectivity index (χ2n) is 4.77. The maximum Gasteiger partial charge on any atom is 0.127 e. The van der Waals surface area contributed by atoms with Gasteiger partial charge in [-0.1, -0.05) is 26.0 Å². The molecule has 1 aliphatic heterocycles. The van der Waals surface area contributed by atoms with E-state index in [1.54, 1.807) is 0 Å². The second-order valence-corrected chi connectivity index (χ2v) is 4.77. The van der Waals surface area contributed by atoms with Crippen LogP contribution in [0.3, 0.4) is 0 Å². The zero-order chi connectivity index (χ0) is 11.7. The highest BCUT2D eigenvalue weighted by Gasteiger charge is 2.29. The highest BCUT2D eigenvalue weighted by atomic mass is 16.5. The van der Waals surface area contributed by atoms with Crippen molar-refractivity contribution in [1.82, 2.24) is 5.32 Å². The third-order valence-corrected chi connectivity index (χ3v) is 3.41. The number of fused-ring (bicyclic) bond motifs is 1. The van der Waals surface area contributed by atoms with Crippen LogP contribution in [0.15, 0.2) is 12.1 Å². The van der Waals surface area contributed by atoms with E-state index in [0.29, 0.717) is 12.0 Å². The molecular weight excluding hydrogens is 198 g/mol. The fourth-order valence-electron chi connectivity index (χ4n) is 2.50. The van der Waals surface area contributed by atoms with Crippen LogP contribution in [-0.4, -0.2) is 13.2 Å². The highest BCUT2D eigenvalue weighted by molar-refractivity contribution is 5.48. The van der Waals surface area contributed by atoms with Crippen molar-refractivity contribution in [3.8, 4) is 5.75 Å². The summed E-state index contributed by atoms with van der Waals surface area (Å²) in [5, 5.41) is 3.58. The van der Waals surface area contributed by atoms with Crippen LogP contribution in [0.2, 0.25) is 0 Å². The van der Waals surface area contributed by atoms with Gasteiger partial charge in [-0.3, -0.25) is 0 Å². The molecule has 2 rings (SSSR count). The molecule has 2 heteroatoms. The minimum Gasteiger partial charge on any atom is -0.493 e. The molecule has 2 unspecified atom stereocenters. The molecule has 0 spiro atoms. The minimum absolute atomic E-state index is 0.439. The molecule has 1 aromatic carbocycles. The van der Waals surface area contributed by atoms with Gasteiger partial charge in [0.05, 0.1) is 6.61 Å². The zero-order valence-corrected chi connectivity index (χ0v) is 10.6. The van der Waals surface area contributed by atoms with Gasteiger partial charge in [0.1, 0.15) is 5.75 Å². The predicted octanol–water partition coefficient (Wildman–Crippen LogP) is 2.98. The lowest BCUT2D eigenvalue weighted by Crippen LogP contribution is -2.34. The van der Waals surface area contributed by atoms with Crippen LogP contribution >= 0.6 is 0 Å². The molecule has 1 aromatic rings. The van der Waals surface area contributed by atoms with Crippen LogP contribution in [0.4, 0.5) is 0 Å². The van der Waals surface area contributed by atoms with E-state index in [2.05, 4.69) is 45.1 Å². The lowest BCUT2D eigenvalue weighted by molar-refractivity contribution is 0.188. The Bertz CT molecular complexity index is 387. The van der Waals surface area contributed by atoms with Crippen LogP contribution in [-0.2, 0) is 0 Å². The molecule has 0 fully saturated rings. The molecule has 0 bridgehead atoms. The fourth-order valence-corrected chi connectivity index (χ4v) is 2.50. The zero-order valence-electron chi connectivity index (χ0n) is 10.6. The summed E-state index contributed by atoms with van der Waals surface area (Å²) in [6.45, 7) is 10.5. The van der Waals surface area contributed by atoms with Crippen molar-refractivity contribution in [3.63, 3.8) is 0 Å². The van der Waals surface area contributed by atoms with Crippen LogP contribution in [0.1, 0.15) is 36.6 Å². The summed E-state index contributed by atoms with van der Waals surface area (Å²) in [6, 6.07) is 4.78. The van der Waals surface area contributed by atoms with Gasteiger partial charge in [-0.15, -0.1) is 0 Å². The monoisotopic (exact) mass is 219 g/mol. The first kappa shape index (κ1) is 11.5. The molecule has 2 atom stereocenters. The van der Waals surface area contributed by atoms with Crippen LogP contribution in [0, 0.1) is 19.8 Å². The van der Waals surface area contributed by atoms with Gasteiger partial charge in [-0.05, 0) is 31.5 Å². The summed E-state index contributed by atoms with van der Waals surface area (Å²) < 4.78 is 5.88. The molecule has 0 saturated heterocycles. The number of hydrogen-bond donors (Lipinski definition) is 1. The summed E-state index contributed by atoms with van der Waals surface area (Å²) in [5.74, 6) is 1.64. The second kappa shape index (κ2) is 4.46. The normalized spacial score (nSPS) is 23.8. The molecule has 1 aliphatic rings. The van der Waals surface area contributed by atoms with Gasteiger partial charge in [-0.25, -0.2) is 0 Å². The first-order chi connectivity index (χ1) is 7.65. The Morgan fingerprint density at radius 3 is 2.69 bits per heavy atom. The molecule has 16 heavy (non-hydrogen) atoms. The topological polar surface area (TPSA) is 21.3 Å². The standard InChI is InChI=1S/C14H21NO/c1-5-15-13-11(4)8-16-14-10(3)7-6-9(2)12(13)14/h6-7,11,13,15H,5,8H2,1-4H3. The number of benzene rings is 1. The average Bonchev–Trinajstić information content (AvgIpc) is 2.27. The number of hydrogen-bond acceptors (Lipinski definition) is 2. The van der Waals surface area contributed by atoms with Crippen LogP contribution in [0.5, 0.6) is 5.75 Å². The Kier molecular flexibility index (Phi) is 3.20. The Hall–Kier alpha value is -1.02. The van der Waals surface area contributed by atoms with Gasteiger partial charge in [0, 0.05) is 17.5 Å². The van der Waals surface area contributed by atoms with Gasteiger partial charge < -0.3 is 10.1 Å². The van der Waals surface area contributed by atoms with E-state index in [9.17, 15) is 0 Å². The average molecular weight is 219 g/mol. The van der Waals surface area contributed by atoms with Gasteiger partial charge in [0.15, 0.2) is 0 Å². The molecule has 0 radical (unpaired) electrons. The van der Waals surface area contributed by atoms with E-state index >= 15 is 0 Å². The Labute approximate surface area is 98.0 Å². The maximum absolute atomic E-state index is 5.88. The third-order valence-electron chi connectivity index (χ3n) is 3.41. The molecule has 2 nitrogen and oxygen atoms in total. The quantitative estimate of drug-likeness (QED) is 0.825. The molecule has 1 heterocycles. The predicted molar refractivity (Wildman–Crippen MR) is 67.0 cm³/mol. The van der Waals surface area contributed by atoms with E-state index in [1.165, 1.54) is 16.7 Å². The largest absolute Gasteiger partial charge is 0.493 e. The highest BCUT2D eigenvalue weighted by Crippen LogP contribution is 2.39. The molecule has 0 amide bonds. The van der Waals surface area contributed by atoms with E-state index in [1.807, 2.05) is 0 Å². The molecule has 88 valence electrons. The van der Waals surface area contributed by atoms with Gasteiger partial charge in [0.25, 0.3) is 0 Å². The van der Waals surface area contributed by atoms with E-state index < -0.39 is 0 Å². The lowest BCUT2D eigenvalue weighted by Gasteiger charge is -2.34. The summed E-state index contributed by atoms with van der Waals surface area (Å²) in [4.78, 5) is 0. The number of nitrogens with one attached hydrogen (secondary N) is 1. The van der Waals surface area contributed by atoms with Gasteiger partial charge in [-0.2, -0.15) is 0 Å². The van der Waals surface area contributed by atoms with Gasteiger partial charge >= 0.3 is 0 Å². The summed E-state index contributed by atoms with van der Waals surface area (Å²) in [7, 11) is 0. The van der Waals surface area contributed by atoms with E-state index in [-0.39, 0.29) is 0 Å². The maximum atomic E-state index is 5.88. The van der Waals surface area contributed by atoms with E-state index in [0.717, 1.165) is 18.9 Å². The fraction of sp³-hybridized carbons (Fsp3) is 0.571. The SMILES string of the molecule is CCNC1c2c(C)ccc(C)c2OCC1C. The summed E-state index contributed by atoms with van der Waals surface area (Å²) in [6.07, 6.45) is 0. The van der Waals surface area contributed by atoms with Crippen molar-refractivity contribution >= 4 is 0 Å². The smallest absolute Gasteiger partial charge is 0.127 e. The molecule has 1 N–H and O–H groups in total. The Morgan fingerprint density at radius 1 is 1.31 bits per heavy atom. The van der Waals surface area contributed by atoms with Crippen molar-refractivity contribution in [2.45, 2.75) is 33.7 Å². The first-order valence-corrected chi connectivity index (χ1v) is 6.11. The molecule has 0 aliphatic carbocycles. The number of rotatable bonds is 2. The summed E-state index contributed by atoms with van der Waals surface area (Å²) >= 11 is 0. The van der Waals surface area contributed by atoms with Crippen molar-refractivity contribution in [3.05, 3.63) is 28.8 Å². The van der Waals surface area contributed by atoms with Gasteiger partial charge in [0.2, 0.25) is 0 Å². The Balaban J connectivity index is 2.49. The van der Waals surface area contributed by atoms with Crippen molar-refractivity contribution in [2.75, 3.05) is 13.2 Å². The van der Waals surface area contributed by atoms with E-state index in [4.69, 9.17) is 4.74 Å².